The van der Waals surface area contributed by atoms with Crippen molar-refractivity contribution in [3.05, 3.63) is 77.3 Å². The van der Waals surface area contributed by atoms with Gasteiger partial charge in [-0.05, 0) is 74.2 Å². The number of hydrogen-bond donors (Lipinski definition) is 4. The number of nitrogens with one attached hydrogen (secondary N) is 4. The second kappa shape index (κ2) is 17.2. The average molecular weight is 757 g/mol. The third-order valence-corrected chi connectivity index (χ3v) is 9.05. The first-order chi connectivity index (χ1) is 24.3. The van der Waals surface area contributed by atoms with E-state index in [9.17, 15) is 18.8 Å². The smallest absolute Gasteiger partial charge is 0.247 e. The molecule has 3 atom stereocenters. The molecule has 52 heavy (non-hydrogen) atoms. The molecule has 0 bridgehead atoms. The molecule has 3 aromatic carbocycles. The summed E-state index contributed by atoms with van der Waals surface area (Å²) in [4.78, 5) is 50.9. The fraction of sp³-hybridized carbons (Fsp3) is 0.378. The van der Waals surface area contributed by atoms with Gasteiger partial charge in [0, 0.05) is 23.7 Å². The van der Waals surface area contributed by atoms with Gasteiger partial charge in [-0.25, -0.2) is 14.4 Å². The number of likely N-dealkylation sites (tertiary alicyclic amines) is 1. The van der Waals surface area contributed by atoms with E-state index in [1.807, 2.05) is 20.8 Å². The van der Waals surface area contributed by atoms with Crippen molar-refractivity contribution in [1.29, 1.82) is 0 Å². The summed E-state index contributed by atoms with van der Waals surface area (Å²) in [5, 5.41) is 12.9. The van der Waals surface area contributed by atoms with Gasteiger partial charge >= 0.3 is 0 Å². The van der Waals surface area contributed by atoms with E-state index in [1.54, 1.807) is 61.3 Å². The first-order valence-corrected chi connectivity index (χ1v) is 17.0. The van der Waals surface area contributed by atoms with E-state index in [0.29, 0.717) is 69.6 Å². The number of nitrogens with zero attached hydrogens (tertiary/aromatic N) is 3. The summed E-state index contributed by atoms with van der Waals surface area (Å²) in [6.45, 7) is 7.88. The fourth-order valence-corrected chi connectivity index (χ4v) is 6.04. The molecular weight excluding hydrogens is 712 g/mol. The number of aromatic nitrogens is 2. The maximum atomic E-state index is 13.9. The zero-order valence-corrected chi connectivity index (χ0v) is 31.5. The summed E-state index contributed by atoms with van der Waals surface area (Å²) in [5.74, 6) is -0.0941. The molecule has 5 rings (SSSR count). The lowest BCUT2D eigenvalue weighted by atomic mass is 9.85. The van der Waals surface area contributed by atoms with Crippen molar-refractivity contribution in [2.75, 3.05) is 31.3 Å². The van der Waals surface area contributed by atoms with Crippen LogP contribution in [-0.4, -0.2) is 71.4 Å². The number of ether oxygens (including phenoxy) is 2. The topological polar surface area (TPSA) is 147 Å². The summed E-state index contributed by atoms with van der Waals surface area (Å²) in [7, 11) is 3.17. The van der Waals surface area contributed by atoms with E-state index in [2.05, 4.69) is 31.2 Å². The van der Waals surface area contributed by atoms with Crippen LogP contribution in [0.3, 0.4) is 0 Å². The Labute approximate surface area is 313 Å². The molecule has 2 heterocycles. The van der Waals surface area contributed by atoms with Gasteiger partial charge in [-0.1, -0.05) is 44.5 Å². The van der Waals surface area contributed by atoms with Gasteiger partial charge in [0.25, 0.3) is 0 Å². The Hall–Kier alpha value is -4.72. The number of benzene rings is 3. The second-order valence-electron chi connectivity index (χ2n) is 13.5. The summed E-state index contributed by atoms with van der Waals surface area (Å²) < 4.78 is 25.0. The van der Waals surface area contributed by atoms with E-state index in [0.717, 1.165) is 0 Å². The lowest BCUT2D eigenvalue weighted by Crippen LogP contribution is -2.59. The normalized spacial score (nSPS) is 15.3. The maximum Gasteiger partial charge on any atom is 0.247 e. The number of halogens is 3. The minimum absolute atomic E-state index is 0. The standard InChI is InChI=1S/C37H43ClFN7O5.ClH/c1-21(40-5)34(47)45-32(37(2,3)4)36(49)46-14-8-11-29(46)35(48)44-28-17-25-27(18-31(28)50-6)41-20-42-33(25)43-24-12-13-30(26(38)16-24)51-19-22-9-7-10-23(39)15-22;/h7,9-10,12-13,15-18,20-21,29,32,40H,8,11,14,19H2,1-6H3,(H,44,48)(H,45,47)(H,41,42,43);1H. The third kappa shape index (κ3) is 9.38. The maximum absolute atomic E-state index is 13.9. The van der Waals surface area contributed by atoms with Crippen LogP contribution in [0.5, 0.6) is 11.5 Å². The van der Waals surface area contributed by atoms with E-state index in [4.69, 9.17) is 21.1 Å². The lowest BCUT2D eigenvalue weighted by Gasteiger charge is -2.36. The highest BCUT2D eigenvalue weighted by atomic mass is 35.5. The van der Waals surface area contributed by atoms with Gasteiger partial charge in [0.15, 0.2) is 0 Å². The Morgan fingerprint density at radius 2 is 1.85 bits per heavy atom. The van der Waals surface area contributed by atoms with Gasteiger partial charge in [-0.3, -0.25) is 14.4 Å². The Morgan fingerprint density at radius 3 is 2.52 bits per heavy atom. The molecule has 3 unspecified atom stereocenters. The number of anilines is 3. The molecule has 0 spiro atoms. The Bertz CT molecular complexity index is 1930. The number of hydrogen-bond acceptors (Lipinski definition) is 9. The fourth-order valence-electron chi connectivity index (χ4n) is 5.80. The molecule has 1 aromatic heterocycles. The van der Waals surface area contributed by atoms with Crippen LogP contribution in [-0.2, 0) is 21.0 Å². The van der Waals surface area contributed by atoms with Crippen LogP contribution >= 0.6 is 24.0 Å². The molecule has 4 N–H and O–H groups in total. The van der Waals surface area contributed by atoms with Crippen molar-refractivity contribution in [2.45, 2.75) is 65.3 Å². The predicted octanol–water partition coefficient (Wildman–Crippen LogP) is 6.24. The summed E-state index contributed by atoms with van der Waals surface area (Å²) in [6, 6.07) is 12.6. The van der Waals surface area contributed by atoms with Crippen molar-refractivity contribution < 1.29 is 28.2 Å². The minimum atomic E-state index is -0.835. The number of amides is 3. The second-order valence-corrected chi connectivity index (χ2v) is 13.9. The third-order valence-electron chi connectivity index (χ3n) is 8.76. The number of carbonyl (C=O) groups excluding carboxylic acids is 3. The summed E-state index contributed by atoms with van der Waals surface area (Å²) >= 11 is 6.53. The van der Waals surface area contributed by atoms with E-state index >= 15 is 0 Å². The number of carbonyl (C=O) groups is 3. The highest BCUT2D eigenvalue weighted by molar-refractivity contribution is 6.32. The number of fused-ring (bicyclic) bond motifs is 1. The zero-order valence-electron chi connectivity index (χ0n) is 29.9. The molecule has 0 saturated carbocycles. The molecule has 1 fully saturated rings. The van der Waals surface area contributed by atoms with Crippen LogP contribution in [0, 0.1) is 11.2 Å². The molecule has 1 aliphatic rings. The van der Waals surface area contributed by atoms with Crippen molar-refractivity contribution in [2.24, 2.45) is 5.41 Å². The van der Waals surface area contributed by atoms with Crippen LogP contribution in [0.4, 0.5) is 21.6 Å². The number of likely N-dealkylation sites (N-methyl/N-ethyl adjacent to an activating group) is 1. The number of methoxy groups -OCH3 is 1. The zero-order chi connectivity index (χ0) is 36.9. The van der Waals surface area contributed by atoms with E-state index in [1.165, 1.54) is 25.6 Å². The van der Waals surface area contributed by atoms with Gasteiger partial charge in [0.05, 0.1) is 29.4 Å². The number of rotatable bonds is 12. The van der Waals surface area contributed by atoms with Crippen LogP contribution in [0.25, 0.3) is 10.9 Å². The molecule has 278 valence electrons. The van der Waals surface area contributed by atoms with Crippen molar-refractivity contribution in [1.82, 2.24) is 25.5 Å². The van der Waals surface area contributed by atoms with Gasteiger partial charge in [0.1, 0.15) is 48.2 Å². The van der Waals surface area contributed by atoms with Crippen molar-refractivity contribution in [3.63, 3.8) is 0 Å². The molecule has 12 nitrogen and oxygen atoms in total. The molecule has 1 aliphatic heterocycles. The first kappa shape index (κ1) is 40.1. The Kier molecular flexibility index (Phi) is 13.2. The van der Waals surface area contributed by atoms with Gasteiger partial charge in [-0.15, -0.1) is 12.4 Å². The molecule has 15 heteroatoms. The lowest BCUT2D eigenvalue weighted by molar-refractivity contribution is -0.143. The van der Waals surface area contributed by atoms with Crippen LogP contribution in [0.2, 0.25) is 5.02 Å². The van der Waals surface area contributed by atoms with Gasteiger partial charge < -0.3 is 35.6 Å². The predicted molar refractivity (Wildman–Crippen MR) is 202 cm³/mol. The van der Waals surface area contributed by atoms with Gasteiger partial charge in [-0.2, -0.15) is 0 Å². The van der Waals surface area contributed by atoms with Crippen molar-refractivity contribution >= 4 is 69.8 Å². The molecule has 1 saturated heterocycles. The molecule has 0 radical (unpaired) electrons. The quantitative estimate of drug-likeness (QED) is 0.132. The van der Waals surface area contributed by atoms with Crippen LogP contribution in [0.15, 0.2) is 60.9 Å². The van der Waals surface area contributed by atoms with E-state index < -0.39 is 23.5 Å². The van der Waals surface area contributed by atoms with Crippen molar-refractivity contribution in [3.8, 4) is 11.5 Å². The molecular formula is C37H44Cl2FN7O5. The average Bonchev–Trinajstić information content (AvgIpc) is 3.59. The Balaban J connectivity index is 0.00000605. The largest absolute Gasteiger partial charge is 0.494 e. The first-order valence-electron chi connectivity index (χ1n) is 16.6. The molecule has 4 aromatic rings. The van der Waals surface area contributed by atoms with Gasteiger partial charge in [0.2, 0.25) is 17.7 Å². The monoisotopic (exact) mass is 755 g/mol. The Morgan fingerprint density at radius 1 is 1.08 bits per heavy atom. The van der Waals surface area contributed by atoms with E-state index in [-0.39, 0.29) is 42.6 Å². The highest BCUT2D eigenvalue weighted by Gasteiger charge is 2.42. The molecule has 3 amide bonds. The highest BCUT2D eigenvalue weighted by Crippen LogP contribution is 2.36. The van der Waals surface area contributed by atoms with Crippen LogP contribution < -0.4 is 30.7 Å². The molecule has 0 aliphatic carbocycles. The minimum Gasteiger partial charge on any atom is -0.494 e. The summed E-state index contributed by atoms with van der Waals surface area (Å²) in [5.41, 5.74) is 1.61. The SMILES string of the molecule is CNC(C)C(=O)NC(C(=O)N1CCCC1C(=O)Nc1cc2c(Nc3ccc(OCc4cccc(F)c4)c(Cl)c3)ncnc2cc1OC)C(C)(C)C.Cl. The van der Waals surface area contributed by atoms with Crippen LogP contribution in [0.1, 0.15) is 46.1 Å². The summed E-state index contributed by atoms with van der Waals surface area (Å²) in [6.07, 6.45) is 2.50.